The smallest absolute Gasteiger partial charge is 0.416 e. The van der Waals surface area contributed by atoms with Gasteiger partial charge in [-0.15, -0.1) is 0 Å². The Labute approximate surface area is 184 Å². The molecule has 0 spiro atoms. The molecule has 1 aliphatic heterocycles. The number of hydrogen-bond donors (Lipinski definition) is 2. The lowest BCUT2D eigenvalue weighted by molar-refractivity contribution is -0.137. The van der Waals surface area contributed by atoms with Gasteiger partial charge < -0.3 is 25.3 Å². The van der Waals surface area contributed by atoms with E-state index in [4.69, 9.17) is 10.1 Å². The Morgan fingerprint density at radius 3 is 2.09 bits per heavy atom. The quantitative estimate of drug-likeness (QED) is 0.543. The van der Waals surface area contributed by atoms with Crippen LogP contribution in [-0.4, -0.2) is 59.8 Å². The fraction of sp³-hybridized carbons (Fsp3) is 0.409. The Morgan fingerprint density at radius 2 is 1.59 bits per heavy atom. The molecule has 2 rings (SSSR count). The number of carbonyl (C=O) groups is 2. The number of anilines is 1. The zero-order chi connectivity index (χ0) is 23.9. The number of benzene rings is 1. The van der Waals surface area contributed by atoms with Crippen LogP contribution in [0.1, 0.15) is 26.3 Å². The first-order valence-corrected chi connectivity index (χ1v) is 9.82. The molecule has 10 heteroatoms. The fourth-order valence-corrected chi connectivity index (χ4v) is 2.65. The average Bonchev–Trinajstić information content (AvgIpc) is 2.72. The third kappa shape index (κ3) is 7.65. The van der Waals surface area contributed by atoms with Crippen LogP contribution in [0.25, 0.3) is 0 Å². The van der Waals surface area contributed by atoms with Crippen molar-refractivity contribution in [2.75, 3.05) is 31.5 Å². The van der Waals surface area contributed by atoms with Crippen molar-refractivity contribution in [1.29, 1.82) is 5.41 Å². The molecular weight excluding hydrogens is 425 g/mol. The van der Waals surface area contributed by atoms with Gasteiger partial charge in [-0.25, -0.2) is 4.79 Å². The zero-order valence-electron chi connectivity index (χ0n) is 18.0. The van der Waals surface area contributed by atoms with Crippen LogP contribution in [0.3, 0.4) is 0 Å². The minimum absolute atomic E-state index is 0.172. The lowest BCUT2D eigenvalue weighted by Gasteiger charge is -2.34. The van der Waals surface area contributed by atoms with Crippen molar-refractivity contribution in [3.05, 3.63) is 41.6 Å². The number of alkyl halides is 3. The summed E-state index contributed by atoms with van der Waals surface area (Å²) < 4.78 is 43.1. The van der Waals surface area contributed by atoms with E-state index < -0.39 is 29.3 Å². The van der Waals surface area contributed by atoms with E-state index in [9.17, 15) is 22.8 Å². The van der Waals surface area contributed by atoms with Crippen LogP contribution in [0, 0.1) is 17.3 Å². The van der Waals surface area contributed by atoms with E-state index in [1.165, 1.54) is 28.1 Å². The van der Waals surface area contributed by atoms with Gasteiger partial charge >= 0.3 is 12.3 Å². The lowest BCUT2D eigenvalue weighted by atomic mass is 10.2. The van der Waals surface area contributed by atoms with Crippen LogP contribution < -0.4 is 5.32 Å². The van der Waals surface area contributed by atoms with Crippen LogP contribution in [0.15, 0.2) is 36.0 Å². The number of hydrogen-bond acceptors (Lipinski definition) is 5. The van der Waals surface area contributed by atoms with Crippen LogP contribution in [0.2, 0.25) is 0 Å². The number of nitrogens with zero attached hydrogens (tertiary/aromatic N) is 2. The summed E-state index contributed by atoms with van der Waals surface area (Å²) in [5, 5.41) is 10.2. The molecule has 1 aromatic rings. The SMILES string of the molecule is CC(C)(C)OC(=O)N1CCN(C(=O)C#C/C(C=N)=C/Nc2ccc(C(F)(F)F)cc2)CC1. The minimum Gasteiger partial charge on any atom is -0.444 e. The molecular formula is C22H25F3N4O3. The summed E-state index contributed by atoms with van der Waals surface area (Å²) >= 11 is 0. The fourth-order valence-electron chi connectivity index (χ4n) is 2.65. The molecule has 2 N–H and O–H groups in total. The molecule has 0 bridgehead atoms. The van der Waals surface area contributed by atoms with Gasteiger partial charge in [-0.3, -0.25) is 4.79 Å². The first-order chi connectivity index (χ1) is 14.9. The van der Waals surface area contributed by atoms with E-state index in [2.05, 4.69) is 17.2 Å². The second-order valence-electron chi connectivity index (χ2n) is 7.97. The summed E-state index contributed by atoms with van der Waals surface area (Å²) in [6.07, 6.45) is -2.59. The van der Waals surface area contributed by atoms with E-state index in [1.54, 1.807) is 20.8 Å². The van der Waals surface area contributed by atoms with Gasteiger partial charge in [0.05, 0.1) is 11.1 Å². The highest BCUT2D eigenvalue weighted by Gasteiger charge is 2.30. The van der Waals surface area contributed by atoms with Crippen molar-refractivity contribution in [1.82, 2.24) is 9.80 Å². The molecule has 0 aromatic heterocycles. The van der Waals surface area contributed by atoms with Crippen LogP contribution in [0.4, 0.5) is 23.7 Å². The number of rotatable bonds is 3. The molecule has 0 aliphatic carbocycles. The van der Waals surface area contributed by atoms with Crippen LogP contribution in [0.5, 0.6) is 0 Å². The summed E-state index contributed by atoms with van der Waals surface area (Å²) in [6.45, 7) is 6.60. The van der Waals surface area contributed by atoms with E-state index in [-0.39, 0.29) is 5.57 Å². The maximum atomic E-state index is 12.6. The molecule has 1 fully saturated rings. The van der Waals surface area contributed by atoms with Gasteiger partial charge in [0, 0.05) is 50.2 Å². The molecule has 0 unspecified atom stereocenters. The minimum atomic E-state index is -4.42. The number of halogens is 3. The molecule has 1 aromatic carbocycles. The van der Waals surface area contributed by atoms with Gasteiger partial charge in [0.25, 0.3) is 5.91 Å². The summed E-state index contributed by atoms with van der Waals surface area (Å²) in [7, 11) is 0. The maximum absolute atomic E-state index is 12.6. The number of nitrogens with one attached hydrogen (secondary N) is 2. The topological polar surface area (TPSA) is 85.7 Å². The third-order valence-electron chi connectivity index (χ3n) is 4.29. The summed E-state index contributed by atoms with van der Waals surface area (Å²) in [5.74, 6) is 4.56. The molecule has 1 heterocycles. The first kappa shape index (κ1) is 24.8. The van der Waals surface area contributed by atoms with Gasteiger partial charge in [-0.05, 0) is 45.0 Å². The predicted octanol–water partition coefficient (Wildman–Crippen LogP) is 3.73. The Hall–Kier alpha value is -3.48. The first-order valence-electron chi connectivity index (χ1n) is 9.82. The van der Waals surface area contributed by atoms with Gasteiger partial charge in [0.2, 0.25) is 0 Å². The highest BCUT2D eigenvalue weighted by Crippen LogP contribution is 2.29. The van der Waals surface area contributed by atoms with Crippen molar-refractivity contribution in [2.24, 2.45) is 0 Å². The number of amides is 2. The Morgan fingerprint density at radius 1 is 1.03 bits per heavy atom. The normalized spacial score (nSPS) is 14.9. The molecule has 1 saturated heterocycles. The number of allylic oxidation sites excluding steroid dienone is 1. The van der Waals surface area contributed by atoms with E-state index in [0.29, 0.717) is 31.9 Å². The molecule has 0 atom stereocenters. The van der Waals surface area contributed by atoms with Crippen LogP contribution in [-0.2, 0) is 15.7 Å². The van der Waals surface area contributed by atoms with Gasteiger partial charge in [-0.1, -0.05) is 5.92 Å². The van der Waals surface area contributed by atoms with Crippen molar-refractivity contribution in [3.63, 3.8) is 0 Å². The summed E-state index contributed by atoms with van der Waals surface area (Å²) in [6, 6.07) is 4.38. The average molecular weight is 450 g/mol. The standard InChI is InChI=1S/C22H25F3N4O3/c1-21(2,3)32-20(31)29-12-10-28(11-13-29)19(30)9-4-16(14-26)15-27-18-7-5-17(6-8-18)22(23,24)25/h5-8,14-15,26-27H,10-13H2,1-3H3/b16-15-,26-14?. The van der Waals surface area contributed by atoms with E-state index in [1.807, 2.05) is 0 Å². The van der Waals surface area contributed by atoms with Crippen molar-refractivity contribution in [2.45, 2.75) is 32.5 Å². The van der Waals surface area contributed by atoms with Crippen LogP contribution >= 0.6 is 0 Å². The zero-order valence-corrected chi connectivity index (χ0v) is 18.0. The van der Waals surface area contributed by atoms with Gasteiger partial charge in [0.1, 0.15) is 5.60 Å². The highest BCUT2D eigenvalue weighted by atomic mass is 19.4. The van der Waals surface area contributed by atoms with E-state index >= 15 is 0 Å². The van der Waals surface area contributed by atoms with Gasteiger partial charge in [0.15, 0.2) is 0 Å². The second-order valence-corrected chi connectivity index (χ2v) is 7.97. The Bertz CT molecular complexity index is 930. The Balaban J connectivity index is 1.91. The molecule has 2 amide bonds. The van der Waals surface area contributed by atoms with Gasteiger partial charge in [-0.2, -0.15) is 13.2 Å². The number of piperazine rings is 1. The third-order valence-corrected chi connectivity index (χ3v) is 4.29. The predicted molar refractivity (Wildman–Crippen MR) is 114 cm³/mol. The highest BCUT2D eigenvalue weighted by molar-refractivity contribution is 5.96. The molecule has 0 radical (unpaired) electrons. The monoisotopic (exact) mass is 450 g/mol. The molecule has 1 aliphatic rings. The van der Waals surface area contributed by atoms with Crippen molar-refractivity contribution >= 4 is 23.9 Å². The summed E-state index contributed by atoms with van der Waals surface area (Å²) in [4.78, 5) is 27.4. The molecule has 172 valence electrons. The summed E-state index contributed by atoms with van der Waals surface area (Å²) in [5.41, 5.74) is -0.815. The lowest BCUT2D eigenvalue weighted by Crippen LogP contribution is -2.51. The Kier molecular flexibility index (Phi) is 7.92. The second kappa shape index (κ2) is 10.2. The maximum Gasteiger partial charge on any atom is 0.416 e. The van der Waals surface area contributed by atoms with Crippen molar-refractivity contribution in [3.8, 4) is 11.8 Å². The number of ether oxygens (including phenoxy) is 1. The van der Waals surface area contributed by atoms with Crippen molar-refractivity contribution < 1.29 is 27.5 Å². The molecule has 32 heavy (non-hydrogen) atoms. The molecule has 7 nitrogen and oxygen atoms in total. The molecule has 0 saturated carbocycles. The van der Waals surface area contributed by atoms with E-state index in [0.717, 1.165) is 18.3 Å². The largest absolute Gasteiger partial charge is 0.444 e. The number of carbonyl (C=O) groups excluding carboxylic acids is 2.